The first kappa shape index (κ1) is 12.6. The number of ether oxygens (including phenoxy) is 1. The van der Waals surface area contributed by atoms with Crippen molar-refractivity contribution in [2.75, 3.05) is 6.61 Å². The number of hydrogen-bond acceptors (Lipinski definition) is 3. The molecule has 13 heavy (non-hydrogen) atoms. The van der Waals surface area contributed by atoms with Gasteiger partial charge in [-0.2, -0.15) is 0 Å². The Bertz CT molecular complexity index is 170. The maximum Gasteiger partial charge on any atom is 0.0855 e. The van der Waals surface area contributed by atoms with Crippen LogP contribution >= 0.6 is 0 Å². The summed E-state index contributed by atoms with van der Waals surface area (Å²) in [6.07, 6.45) is 0.905. The second-order valence-electron chi connectivity index (χ2n) is 3.55. The van der Waals surface area contributed by atoms with Gasteiger partial charge in [0.25, 0.3) is 0 Å². The lowest BCUT2D eigenvalue weighted by Crippen LogP contribution is -2.53. The highest BCUT2D eigenvalue weighted by Crippen LogP contribution is 2.23. The van der Waals surface area contributed by atoms with E-state index in [0.29, 0.717) is 6.61 Å². The Kier molecular flexibility index (Phi) is 5.21. The molecule has 0 aromatic heterocycles. The Morgan fingerprint density at radius 1 is 1.62 bits per heavy atom. The fraction of sp³-hybridized carbons (Fsp3) is 0.800. The molecule has 2 atom stereocenters. The summed E-state index contributed by atoms with van der Waals surface area (Å²) in [5.74, 6) is 5.47. The summed E-state index contributed by atoms with van der Waals surface area (Å²) in [4.78, 5) is 0. The third-order valence-electron chi connectivity index (χ3n) is 2.45. The lowest BCUT2D eigenvalue weighted by molar-refractivity contribution is -0.0464. The molecule has 0 fully saturated rings. The van der Waals surface area contributed by atoms with Gasteiger partial charge in [-0.3, -0.25) is 11.3 Å². The van der Waals surface area contributed by atoms with Crippen LogP contribution in [0.1, 0.15) is 34.1 Å². The fourth-order valence-electron chi connectivity index (χ4n) is 1.56. The zero-order chi connectivity index (χ0) is 10.5. The molecule has 0 rings (SSSR count). The van der Waals surface area contributed by atoms with Crippen LogP contribution in [-0.4, -0.2) is 18.2 Å². The molecule has 0 bridgehead atoms. The summed E-state index contributed by atoms with van der Waals surface area (Å²) in [6.45, 7) is 12.7. The standard InChI is InChI=1S/C10H22N2O/c1-6-10(5,13-7-2)9(12-11)8(3)4/h9,12H,3,6-7,11H2,1-2,4-5H3. The van der Waals surface area contributed by atoms with E-state index in [4.69, 9.17) is 10.6 Å². The van der Waals surface area contributed by atoms with Crippen molar-refractivity contribution in [3.8, 4) is 0 Å². The Labute approximate surface area is 81.3 Å². The van der Waals surface area contributed by atoms with Crippen molar-refractivity contribution < 1.29 is 4.74 Å². The highest BCUT2D eigenvalue weighted by Gasteiger charge is 2.32. The van der Waals surface area contributed by atoms with E-state index in [1.54, 1.807) is 0 Å². The topological polar surface area (TPSA) is 47.3 Å². The van der Waals surface area contributed by atoms with Gasteiger partial charge in [0.15, 0.2) is 0 Å². The Morgan fingerprint density at radius 3 is 2.38 bits per heavy atom. The van der Waals surface area contributed by atoms with Gasteiger partial charge in [0, 0.05) is 6.61 Å². The monoisotopic (exact) mass is 186 g/mol. The van der Waals surface area contributed by atoms with E-state index in [0.717, 1.165) is 12.0 Å². The largest absolute Gasteiger partial charge is 0.374 e. The molecule has 0 radical (unpaired) electrons. The van der Waals surface area contributed by atoms with Crippen LogP contribution in [0.25, 0.3) is 0 Å². The van der Waals surface area contributed by atoms with Crippen molar-refractivity contribution >= 4 is 0 Å². The van der Waals surface area contributed by atoms with E-state index in [-0.39, 0.29) is 11.6 Å². The highest BCUT2D eigenvalue weighted by molar-refractivity contribution is 5.09. The minimum Gasteiger partial charge on any atom is -0.374 e. The molecule has 0 saturated heterocycles. The predicted molar refractivity (Wildman–Crippen MR) is 56.2 cm³/mol. The third kappa shape index (κ3) is 3.10. The number of rotatable bonds is 6. The Balaban J connectivity index is 4.58. The maximum absolute atomic E-state index is 5.69. The zero-order valence-corrected chi connectivity index (χ0v) is 9.18. The maximum atomic E-state index is 5.69. The first-order chi connectivity index (χ1) is 6.01. The molecule has 3 N–H and O–H groups in total. The predicted octanol–water partition coefficient (Wildman–Crippen LogP) is 1.60. The van der Waals surface area contributed by atoms with Crippen LogP contribution in [-0.2, 0) is 4.74 Å². The molecule has 3 heteroatoms. The van der Waals surface area contributed by atoms with Crippen LogP contribution in [0, 0.1) is 0 Å². The van der Waals surface area contributed by atoms with Crippen molar-refractivity contribution in [2.24, 2.45) is 5.84 Å². The molecule has 0 aromatic rings. The van der Waals surface area contributed by atoms with Gasteiger partial charge >= 0.3 is 0 Å². The molecular formula is C10H22N2O. The summed E-state index contributed by atoms with van der Waals surface area (Å²) >= 11 is 0. The average Bonchev–Trinajstić information content (AvgIpc) is 2.05. The van der Waals surface area contributed by atoms with Crippen molar-refractivity contribution in [1.82, 2.24) is 5.43 Å². The van der Waals surface area contributed by atoms with Crippen molar-refractivity contribution in [3.05, 3.63) is 12.2 Å². The molecule has 0 saturated carbocycles. The average molecular weight is 186 g/mol. The molecule has 0 aliphatic carbocycles. The van der Waals surface area contributed by atoms with Crippen molar-refractivity contribution in [1.29, 1.82) is 0 Å². The van der Waals surface area contributed by atoms with Gasteiger partial charge in [-0.15, -0.1) is 0 Å². The van der Waals surface area contributed by atoms with E-state index in [1.165, 1.54) is 0 Å². The lowest BCUT2D eigenvalue weighted by atomic mass is 9.89. The van der Waals surface area contributed by atoms with Crippen LogP contribution in [0.2, 0.25) is 0 Å². The lowest BCUT2D eigenvalue weighted by Gasteiger charge is -2.36. The van der Waals surface area contributed by atoms with Crippen molar-refractivity contribution in [2.45, 2.75) is 45.8 Å². The number of hydrogen-bond donors (Lipinski definition) is 2. The summed E-state index contributed by atoms with van der Waals surface area (Å²) in [5.41, 5.74) is 3.50. The van der Waals surface area contributed by atoms with Gasteiger partial charge in [0.1, 0.15) is 0 Å². The van der Waals surface area contributed by atoms with E-state index in [2.05, 4.69) is 25.9 Å². The van der Waals surface area contributed by atoms with E-state index < -0.39 is 0 Å². The molecule has 0 aromatic carbocycles. The van der Waals surface area contributed by atoms with E-state index in [9.17, 15) is 0 Å². The van der Waals surface area contributed by atoms with Crippen molar-refractivity contribution in [3.63, 3.8) is 0 Å². The van der Waals surface area contributed by atoms with Gasteiger partial charge < -0.3 is 4.74 Å². The molecule has 0 spiro atoms. The summed E-state index contributed by atoms with van der Waals surface area (Å²) < 4.78 is 5.69. The molecule has 78 valence electrons. The Morgan fingerprint density at radius 2 is 2.15 bits per heavy atom. The van der Waals surface area contributed by atoms with Gasteiger partial charge in [-0.05, 0) is 27.2 Å². The van der Waals surface area contributed by atoms with Gasteiger partial charge in [0.05, 0.1) is 11.6 Å². The molecular weight excluding hydrogens is 164 g/mol. The minimum absolute atomic E-state index is 0.0115. The molecule has 0 amide bonds. The second kappa shape index (κ2) is 5.37. The second-order valence-corrected chi connectivity index (χ2v) is 3.55. The molecule has 0 heterocycles. The quantitative estimate of drug-likeness (QED) is 0.376. The molecule has 3 nitrogen and oxygen atoms in total. The van der Waals surface area contributed by atoms with Gasteiger partial charge in [0.2, 0.25) is 0 Å². The first-order valence-electron chi connectivity index (χ1n) is 4.77. The van der Waals surface area contributed by atoms with E-state index in [1.807, 2.05) is 13.8 Å². The summed E-state index contributed by atoms with van der Waals surface area (Å²) in [5, 5.41) is 0. The fourth-order valence-corrected chi connectivity index (χ4v) is 1.56. The van der Waals surface area contributed by atoms with Crippen LogP contribution in [0.3, 0.4) is 0 Å². The van der Waals surface area contributed by atoms with Crippen LogP contribution < -0.4 is 11.3 Å². The normalized spacial score (nSPS) is 17.9. The summed E-state index contributed by atoms with van der Waals surface area (Å²) in [7, 11) is 0. The third-order valence-corrected chi connectivity index (χ3v) is 2.45. The van der Waals surface area contributed by atoms with Gasteiger partial charge in [-0.25, -0.2) is 0 Å². The molecule has 2 unspecified atom stereocenters. The smallest absolute Gasteiger partial charge is 0.0855 e. The molecule has 0 aliphatic heterocycles. The SMILES string of the molecule is C=C(C)C(NN)C(C)(CC)OCC. The number of hydrazine groups is 1. The Hall–Kier alpha value is -0.380. The van der Waals surface area contributed by atoms with Crippen LogP contribution in [0.4, 0.5) is 0 Å². The number of nitrogens with one attached hydrogen (secondary N) is 1. The van der Waals surface area contributed by atoms with E-state index >= 15 is 0 Å². The molecule has 0 aliphatic rings. The first-order valence-corrected chi connectivity index (χ1v) is 4.77. The minimum atomic E-state index is -0.255. The van der Waals surface area contributed by atoms with Crippen LogP contribution in [0.5, 0.6) is 0 Å². The zero-order valence-electron chi connectivity index (χ0n) is 9.18. The highest BCUT2D eigenvalue weighted by atomic mass is 16.5. The summed E-state index contributed by atoms with van der Waals surface area (Å²) in [6, 6.07) is 0.0115. The van der Waals surface area contributed by atoms with Crippen LogP contribution in [0.15, 0.2) is 12.2 Å². The van der Waals surface area contributed by atoms with Gasteiger partial charge in [-0.1, -0.05) is 19.1 Å². The number of nitrogens with two attached hydrogens (primary N) is 1.